The number of rotatable bonds is 10. The molecule has 0 unspecified atom stereocenters. The predicted octanol–water partition coefficient (Wildman–Crippen LogP) is 4.52. The third-order valence-electron chi connectivity index (χ3n) is 5.41. The third kappa shape index (κ3) is 4.71. The lowest BCUT2D eigenvalue weighted by Crippen LogP contribution is -2.29. The van der Waals surface area contributed by atoms with Gasteiger partial charge in [0.25, 0.3) is 5.91 Å². The van der Waals surface area contributed by atoms with Crippen LogP contribution in [0.4, 0.5) is 0 Å². The van der Waals surface area contributed by atoms with Gasteiger partial charge in [-0.05, 0) is 24.8 Å². The number of carbonyl (C=O) groups is 1. The maximum Gasteiger partial charge on any atom is 0.254 e. The average molecular weight is 436 g/mol. The smallest absolute Gasteiger partial charge is 0.254 e. The summed E-state index contributed by atoms with van der Waals surface area (Å²) in [6.45, 7) is 7.26. The summed E-state index contributed by atoms with van der Waals surface area (Å²) in [7, 11) is 0. The zero-order valence-electron chi connectivity index (χ0n) is 18.7. The largest absolute Gasteiger partial charge is 0.347 e. The Hall–Kier alpha value is -3.49. The van der Waals surface area contributed by atoms with Crippen molar-refractivity contribution in [3.05, 3.63) is 48.2 Å². The normalized spacial score (nSPS) is 12.5. The first kappa shape index (κ1) is 21.7. The Morgan fingerprint density at radius 3 is 2.84 bits per heavy atom. The van der Waals surface area contributed by atoms with Gasteiger partial charge in [0, 0.05) is 23.6 Å². The fourth-order valence-electron chi connectivity index (χ4n) is 3.86. The van der Waals surface area contributed by atoms with Crippen LogP contribution in [0.1, 0.15) is 68.7 Å². The minimum atomic E-state index is -0.408. The molecule has 9 nitrogen and oxygen atoms in total. The first-order chi connectivity index (χ1) is 15.6. The number of hydrogen-bond donors (Lipinski definition) is 2. The number of nitrogens with one attached hydrogen (secondary N) is 2. The Kier molecular flexibility index (Phi) is 6.63. The van der Waals surface area contributed by atoms with E-state index in [1.807, 2.05) is 24.4 Å². The van der Waals surface area contributed by atoms with E-state index in [0.717, 1.165) is 36.7 Å². The van der Waals surface area contributed by atoms with Gasteiger partial charge >= 0.3 is 0 Å². The second-order valence-electron chi connectivity index (χ2n) is 8.41. The standard InChI is InChI=1S/C23H29N7O2/c1-4-5-8-11-30-13-17(16-9-6-7-10-19(16)30)22(31)26-18(12-15(2)3)23-27-21(29-32-23)20-24-14-25-28-20/h6-7,9-10,13-15,18H,4-5,8,11-12H2,1-3H3,(H,26,31)(H,24,25,28)/t18-/m1/s1. The number of hydrogen-bond acceptors (Lipinski definition) is 6. The summed E-state index contributed by atoms with van der Waals surface area (Å²) >= 11 is 0. The molecule has 1 amide bonds. The molecule has 0 spiro atoms. The Morgan fingerprint density at radius 2 is 2.09 bits per heavy atom. The van der Waals surface area contributed by atoms with Crippen molar-refractivity contribution in [3.8, 4) is 11.6 Å². The molecule has 0 fully saturated rings. The van der Waals surface area contributed by atoms with Gasteiger partial charge in [0.05, 0.1) is 5.56 Å². The zero-order chi connectivity index (χ0) is 22.5. The van der Waals surface area contributed by atoms with Crippen molar-refractivity contribution in [2.45, 2.75) is 59.0 Å². The molecule has 3 aromatic heterocycles. The molecule has 3 heterocycles. The maximum atomic E-state index is 13.4. The summed E-state index contributed by atoms with van der Waals surface area (Å²) in [6, 6.07) is 7.61. The molecule has 32 heavy (non-hydrogen) atoms. The summed E-state index contributed by atoms with van der Waals surface area (Å²) in [4.78, 5) is 21.9. The topological polar surface area (TPSA) is 115 Å². The van der Waals surface area contributed by atoms with E-state index >= 15 is 0 Å². The van der Waals surface area contributed by atoms with Crippen molar-refractivity contribution in [1.29, 1.82) is 0 Å². The number of unbranched alkanes of at least 4 members (excludes halogenated alkanes) is 2. The quantitative estimate of drug-likeness (QED) is 0.354. The molecule has 0 radical (unpaired) electrons. The fourth-order valence-corrected chi connectivity index (χ4v) is 3.86. The van der Waals surface area contributed by atoms with E-state index in [1.54, 1.807) is 0 Å². The highest BCUT2D eigenvalue weighted by Gasteiger charge is 2.25. The number of carbonyl (C=O) groups excluding carboxylic acids is 1. The van der Waals surface area contributed by atoms with E-state index in [9.17, 15) is 4.79 Å². The minimum absolute atomic E-state index is 0.152. The van der Waals surface area contributed by atoms with Crippen LogP contribution in [0.5, 0.6) is 0 Å². The van der Waals surface area contributed by atoms with Crippen LogP contribution in [0.15, 0.2) is 41.3 Å². The molecule has 2 N–H and O–H groups in total. The molecular formula is C23H29N7O2. The molecule has 4 rings (SSSR count). The lowest BCUT2D eigenvalue weighted by molar-refractivity contribution is 0.0923. The number of aromatic amines is 1. The molecule has 4 aromatic rings. The summed E-state index contributed by atoms with van der Waals surface area (Å²) in [6.07, 6.45) is 7.40. The molecule has 0 aliphatic heterocycles. The van der Waals surface area contributed by atoms with Crippen LogP contribution < -0.4 is 5.32 Å². The minimum Gasteiger partial charge on any atom is -0.347 e. The Balaban J connectivity index is 1.59. The SMILES string of the molecule is CCCCCn1cc(C(=O)N[C@H](CC(C)C)c2nc(-c3ncn[nH]3)no2)c2ccccc21. The second-order valence-corrected chi connectivity index (χ2v) is 8.41. The van der Waals surface area contributed by atoms with Gasteiger partial charge < -0.3 is 14.4 Å². The molecule has 168 valence electrons. The molecule has 0 saturated carbocycles. The highest BCUT2D eigenvalue weighted by atomic mass is 16.5. The average Bonchev–Trinajstić information content (AvgIpc) is 3.53. The lowest BCUT2D eigenvalue weighted by Gasteiger charge is -2.16. The second kappa shape index (κ2) is 9.76. The number of fused-ring (bicyclic) bond motifs is 1. The molecule has 0 bridgehead atoms. The van der Waals surface area contributed by atoms with E-state index in [0.29, 0.717) is 35.4 Å². The number of H-pyrrole nitrogens is 1. The number of aryl methyl sites for hydroxylation is 1. The molecule has 1 aromatic carbocycles. The van der Waals surface area contributed by atoms with Gasteiger partial charge in [0.1, 0.15) is 12.4 Å². The lowest BCUT2D eigenvalue weighted by atomic mass is 10.0. The summed E-state index contributed by atoms with van der Waals surface area (Å²) in [5, 5.41) is 14.6. The Labute approximate surface area is 186 Å². The molecule has 0 saturated heterocycles. The van der Waals surface area contributed by atoms with Crippen LogP contribution in [-0.2, 0) is 6.54 Å². The summed E-state index contributed by atoms with van der Waals surface area (Å²) in [5.41, 5.74) is 1.72. The summed E-state index contributed by atoms with van der Waals surface area (Å²) in [5.74, 6) is 1.25. The first-order valence-corrected chi connectivity index (χ1v) is 11.1. The van der Waals surface area contributed by atoms with Crippen molar-refractivity contribution in [2.24, 2.45) is 5.92 Å². The van der Waals surface area contributed by atoms with Crippen LogP contribution in [0.2, 0.25) is 0 Å². The van der Waals surface area contributed by atoms with Crippen molar-refractivity contribution in [2.75, 3.05) is 0 Å². The predicted molar refractivity (Wildman–Crippen MR) is 121 cm³/mol. The maximum absolute atomic E-state index is 13.4. The number of nitrogens with zero attached hydrogens (tertiary/aromatic N) is 5. The third-order valence-corrected chi connectivity index (χ3v) is 5.41. The molecular weight excluding hydrogens is 406 g/mol. The van der Waals surface area contributed by atoms with E-state index in [2.05, 4.69) is 62.0 Å². The van der Waals surface area contributed by atoms with Crippen LogP contribution in [0.3, 0.4) is 0 Å². The Morgan fingerprint density at radius 1 is 1.25 bits per heavy atom. The van der Waals surface area contributed by atoms with Gasteiger partial charge in [0.15, 0.2) is 5.82 Å². The summed E-state index contributed by atoms with van der Waals surface area (Å²) < 4.78 is 7.65. The molecule has 1 atom stereocenters. The Bertz CT molecular complexity index is 1160. The highest BCUT2D eigenvalue weighted by Crippen LogP contribution is 2.26. The number of para-hydroxylation sites is 1. The van der Waals surface area contributed by atoms with E-state index in [1.165, 1.54) is 6.33 Å². The number of amides is 1. The number of benzene rings is 1. The highest BCUT2D eigenvalue weighted by molar-refractivity contribution is 6.07. The van der Waals surface area contributed by atoms with Gasteiger partial charge in [-0.1, -0.05) is 57.0 Å². The molecule has 0 aliphatic carbocycles. The van der Waals surface area contributed by atoms with Gasteiger partial charge in [0.2, 0.25) is 11.7 Å². The van der Waals surface area contributed by atoms with E-state index in [4.69, 9.17) is 4.52 Å². The number of aromatic nitrogens is 6. The van der Waals surface area contributed by atoms with Crippen molar-refractivity contribution in [3.63, 3.8) is 0 Å². The van der Waals surface area contributed by atoms with Crippen LogP contribution in [0.25, 0.3) is 22.6 Å². The molecule has 9 heteroatoms. The van der Waals surface area contributed by atoms with Crippen LogP contribution in [-0.4, -0.2) is 35.8 Å². The zero-order valence-corrected chi connectivity index (χ0v) is 18.7. The van der Waals surface area contributed by atoms with Gasteiger partial charge in [-0.3, -0.25) is 9.89 Å². The van der Waals surface area contributed by atoms with Crippen molar-refractivity contribution >= 4 is 16.8 Å². The van der Waals surface area contributed by atoms with Crippen molar-refractivity contribution in [1.82, 2.24) is 35.2 Å². The van der Waals surface area contributed by atoms with Crippen LogP contribution >= 0.6 is 0 Å². The van der Waals surface area contributed by atoms with E-state index < -0.39 is 6.04 Å². The monoisotopic (exact) mass is 435 g/mol. The first-order valence-electron chi connectivity index (χ1n) is 11.1. The molecule has 0 aliphatic rings. The van der Waals surface area contributed by atoms with Gasteiger partial charge in [-0.2, -0.15) is 10.1 Å². The van der Waals surface area contributed by atoms with Gasteiger partial charge in [-0.15, -0.1) is 0 Å². The van der Waals surface area contributed by atoms with Gasteiger partial charge in [-0.25, -0.2) is 4.98 Å². The fraction of sp³-hybridized carbons (Fsp3) is 0.435. The van der Waals surface area contributed by atoms with Crippen molar-refractivity contribution < 1.29 is 9.32 Å². The van der Waals surface area contributed by atoms with E-state index in [-0.39, 0.29) is 5.91 Å². The van der Waals surface area contributed by atoms with Crippen LogP contribution in [0, 0.1) is 5.92 Å².